The molecule has 8 nitrogen and oxygen atoms in total. The second-order valence-corrected chi connectivity index (χ2v) is 4.93. The maximum Gasteiger partial charge on any atom is 0.350 e. The number of hydrogen-bond acceptors (Lipinski definition) is 6. The number of halogens is 1. The highest BCUT2D eigenvalue weighted by molar-refractivity contribution is 6.31. The van der Waals surface area contributed by atoms with Crippen molar-refractivity contribution in [3.8, 4) is 0 Å². The van der Waals surface area contributed by atoms with Crippen LogP contribution < -0.4 is 10.9 Å². The molecule has 0 aromatic carbocycles. The molecular weight excluding hydrogens is 286 g/mol. The van der Waals surface area contributed by atoms with Crippen molar-refractivity contribution in [2.24, 2.45) is 5.92 Å². The summed E-state index contributed by atoms with van der Waals surface area (Å²) in [6, 6.07) is 0. The molecule has 1 saturated carbocycles. The van der Waals surface area contributed by atoms with E-state index in [0.717, 1.165) is 38.4 Å². The van der Waals surface area contributed by atoms with Crippen molar-refractivity contribution in [2.45, 2.75) is 32.1 Å². The monoisotopic (exact) mass is 299 g/mol. The summed E-state index contributed by atoms with van der Waals surface area (Å²) >= 11 is 5.64. The van der Waals surface area contributed by atoms with E-state index in [1.165, 1.54) is 0 Å². The number of nitrogens with zero attached hydrogens (tertiary/aromatic N) is 3. The lowest BCUT2D eigenvalue weighted by molar-refractivity contribution is -0.384. The molecule has 20 heavy (non-hydrogen) atoms. The Morgan fingerprint density at radius 2 is 2.05 bits per heavy atom. The summed E-state index contributed by atoms with van der Waals surface area (Å²) in [5.74, 6) is -0.375. The van der Waals surface area contributed by atoms with Gasteiger partial charge in [-0.2, -0.15) is 0 Å². The first-order valence-electron chi connectivity index (χ1n) is 6.30. The third-order valence-corrected chi connectivity index (χ3v) is 3.52. The Bertz CT molecular complexity index is 519. The first kappa shape index (κ1) is 14.4. The van der Waals surface area contributed by atoms with Crippen molar-refractivity contribution in [3.05, 3.63) is 21.6 Å². The predicted octanol–water partition coefficient (Wildman–Crippen LogP) is 2.06. The lowest BCUT2D eigenvalue weighted by Gasteiger charge is -2.20. The number of amides is 1. The zero-order valence-corrected chi connectivity index (χ0v) is 11.4. The number of nitro groups is 1. The van der Waals surface area contributed by atoms with Crippen LogP contribution in [0.1, 0.15) is 32.1 Å². The van der Waals surface area contributed by atoms with E-state index < -0.39 is 10.6 Å². The van der Waals surface area contributed by atoms with Gasteiger partial charge in [-0.05, 0) is 12.8 Å². The summed E-state index contributed by atoms with van der Waals surface area (Å²) in [7, 11) is 0. The smallest absolute Gasteiger partial charge is 0.276 e. The van der Waals surface area contributed by atoms with Crippen LogP contribution in [0.15, 0.2) is 6.33 Å². The number of nitrogens with one attached hydrogen (secondary N) is 2. The second-order valence-electron chi connectivity index (χ2n) is 4.57. The fraction of sp³-hybridized carbons (Fsp3) is 0.545. The molecule has 0 spiro atoms. The minimum atomic E-state index is -0.697. The number of hydrogen-bond donors (Lipinski definition) is 2. The van der Waals surface area contributed by atoms with E-state index in [0.29, 0.717) is 0 Å². The van der Waals surface area contributed by atoms with Crippen LogP contribution in [0.25, 0.3) is 0 Å². The van der Waals surface area contributed by atoms with E-state index in [4.69, 9.17) is 11.6 Å². The topological polar surface area (TPSA) is 110 Å². The highest BCUT2D eigenvalue weighted by atomic mass is 35.5. The summed E-state index contributed by atoms with van der Waals surface area (Å²) in [6.45, 7) is 0. The van der Waals surface area contributed by atoms with Crippen molar-refractivity contribution in [2.75, 3.05) is 5.43 Å². The Hall–Kier alpha value is -1.96. The van der Waals surface area contributed by atoms with Gasteiger partial charge in [-0.3, -0.25) is 25.8 Å². The van der Waals surface area contributed by atoms with Crippen LogP contribution in [0.4, 0.5) is 11.5 Å². The number of rotatable bonds is 4. The summed E-state index contributed by atoms with van der Waals surface area (Å²) in [4.78, 5) is 29.4. The second kappa shape index (κ2) is 6.47. The lowest BCUT2D eigenvalue weighted by atomic mass is 9.89. The average molecular weight is 300 g/mol. The van der Waals surface area contributed by atoms with E-state index >= 15 is 0 Å². The van der Waals surface area contributed by atoms with Crippen molar-refractivity contribution < 1.29 is 9.72 Å². The Morgan fingerprint density at radius 3 is 2.70 bits per heavy atom. The van der Waals surface area contributed by atoms with Crippen LogP contribution >= 0.6 is 11.6 Å². The molecule has 0 bridgehead atoms. The fourth-order valence-corrected chi connectivity index (χ4v) is 2.40. The standard InChI is InChI=1S/C11H14ClN5O3/c12-9-8(17(19)20)10(14-6-13-9)15-16-11(18)7-4-2-1-3-5-7/h6-7H,1-5H2,(H,16,18)(H,13,14,15). The molecule has 1 aromatic heterocycles. The van der Waals surface area contributed by atoms with Crippen LogP contribution in [-0.2, 0) is 4.79 Å². The zero-order chi connectivity index (χ0) is 14.5. The Labute approximate surface area is 120 Å². The quantitative estimate of drug-likeness (QED) is 0.500. The number of hydrazine groups is 1. The molecule has 108 valence electrons. The molecule has 9 heteroatoms. The van der Waals surface area contributed by atoms with Crippen LogP contribution in [0.2, 0.25) is 5.15 Å². The van der Waals surface area contributed by atoms with Crippen molar-refractivity contribution in [3.63, 3.8) is 0 Å². The van der Waals surface area contributed by atoms with Crippen LogP contribution in [0, 0.1) is 16.0 Å². The maximum absolute atomic E-state index is 11.9. The van der Waals surface area contributed by atoms with Crippen molar-refractivity contribution in [1.29, 1.82) is 0 Å². The lowest BCUT2D eigenvalue weighted by Crippen LogP contribution is -2.36. The Balaban J connectivity index is 2.02. The largest absolute Gasteiger partial charge is 0.350 e. The number of anilines is 1. The van der Waals surface area contributed by atoms with Gasteiger partial charge in [-0.15, -0.1) is 0 Å². The van der Waals surface area contributed by atoms with Gasteiger partial charge in [0.25, 0.3) is 0 Å². The third-order valence-electron chi connectivity index (χ3n) is 3.24. The summed E-state index contributed by atoms with van der Waals surface area (Å²) in [5, 5.41) is 10.6. The number of aromatic nitrogens is 2. The molecule has 1 aromatic rings. The predicted molar refractivity (Wildman–Crippen MR) is 72.0 cm³/mol. The molecule has 1 heterocycles. The van der Waals surface area contributed by atoms with E-state index in [1.807, 2.05) is 0 Å². The Kier molecular flexibility index (Phi) is 4.67. The zero-order valence-electron chi connectivity index (χ0n) is 10.6. The van der Waals surface area contributed by atoms with Gasteiger partial charge in [-0.25, -0.2) is 9.97 Å². The van der Waals surface area contributed by atoms with E-state index in [1.54, 1.807) is 0 Å². The van der Waals surface area contributed by atoms with Gasteiger partial charge in [0.1, 0.15) is 6.33 Å². The summed E-state index contributed by atoms with van der Waals surface area (Å²) < 4.78 is 0. The van der Waals surface area contributed by atoms with Crippen LogP contribution in [0.5, 0.6) is 0 Å². The first-order chi connectivity index (χ1) is 9.59. The van der Waals surface area contributed by atoms with Crippen molar-refractivity contribution in [1.82, 2.24) is 15.4 Å². The summed E-state index contributed by atoms with van der Waals surface area (Å²) in [5.41, 5.74) is 4.44. The van der Waals surface area contributed by atoms with Gasteiger partial charge in [-0.1, -0.05) is 30.9 Å². The molecular formula is C11H14ClN5O3. The molecule has 0 atom stereocenters. The van der Waals surface area contributed by atoms with Gasteiger partial charge < -0.3 is 0 Å². The molecule has 0 radical (unpaired) electrons. The molecule has 0 saturated heterocycles. The van der Waals surface area contributed by atoms with Crippen LogP contribution in [-0.4, -0.2) is 20.8 Å². The molecule has 1 fully saturated rings. The molecule has 1 aliphatic carbocycles. The van der Waals surface area contributed by atoms with E-state index in [2.05, 4.69) is 20.8 Å². The SMILES string of the molecule is O=C(NNc1ncnc(Cl)c1[N+](=O)[O-])C1CCCCC1. The minimum absolute atomic E-state index is 0.0624. The average Bonchev–Trinajstić information content (AvgIpc) is 2.45. The highest BCUT2D eigenvalue weighted by Gasteiger charge is 2.24. The molecule has 0 unspecified atom stereocenters. The third kappa shape index (κ3) is 3.32. The number of carbonyl (C=O) groups excluding carboxylic acids is 1. The van der Waals surface area contributed by atoms with Crippen LogP contribution in [0.3, 0.4) is 0 Å². The van der Waals surface area contributed by atoms with Gasteiger partial charge in [0.2, 0.25) is 16.9 Å². The molecule has 1 aliphatic rings. The summed E-state index contributed by atoms with van der Waals surface area (Å²) in [6.07, 6.45) is 5.95. The normalized spacial score (nSPS) is 15.7. The first-order valence-corrected chi connectivity index (χ1v) is 6.68. The van der Waals surface area contributed by atoms with Gasteiger partial charge in [0, 0.05) is 5.92 Å². The molecule has 0 aliphatic heterocycles. The van der Waals surface area contributed by atoms with Gasteiger partial charge >= 0.3 is 5.69 Å². The highest BCUT2D eigenvalue weighted by Crippen LogP contribution is 2.28. The van der Waals surface area contributed by atoms with Gasteiger partial charge in [0.15, 0.2) is 0 Å². The van der Waals surface area contributed by atoms with Gasteiger partial charge in [0.05, 0.1) is 4.92 Å². The molecule has 2 N–H and O–H groups in total. The van der Waals surface area contributed by atoms with E-state index in [9.17, 15) is 14.9 Å². The minimum Gasteiger partial charge on any atom is -0.276 e. The van der Waals surface area contributed by atoms with E-state index in [-0.39, 0.29) is 22.8 Å². The molecule has 2 rings (SSSR count). The number of carbonyl (C=O) groups is 1. The molecule has 1 amide bonds. The Morgan fingerprint density at radius 1 is 1.35 bits per heavy atom. The fourth-order valence-electron chi connectivity index (χ4n) is 2.20. The maximum atomic E-state index is 11.9. The van der Waals surface area contributed by atoms with Crippen molar-refractivity contribution >= 4 is 29.0 Å².